The number of ether oxygens (including phenoxy) is 2. The Morgan fingerprint density at radius 1 is 1.29 bits per heavy atom. The summed E-state index contributed by atoms with van der Waals surface area (Å²) in [5.74, 6) is 1.05. The van der Waals surface area contributed by atoms with Crippen molar-refractivity contribution in [3.63, 3.8) is 0 Å². The lowest BCUT2D eigenvalue weighted by Gasteiger charge is -2.10. The van der Waals surface area contributed by atoms with Crippen LogP contribution in [0.1, 0.15) is 5.56 Å². The van der Waals surface area contributed by atoms with E-state index in [0.717, 1.165) is 5.56 Å². The van der Waals surface area contributed by atoms with Gasteiger partial charge in [-0.3, -0.25) is 0 Å². The van der Waals surface area contributed by atoms with Crippen LogP contribution in [-0.2, 0) is 10.6 Å². The van der Waals surface area contributed by atoms with Gasteiger partial charge in [0.25, 0.3) is 0 Å². The molecule has 4 heteroatoms. The van der Waals surface area contributed by atoms with E-state index in [0.29, 0.717) is 29.9 Å². The summed E-state index contributed by atoms with van der Waals surface area (Å²) in [6.07, 6.45) is 0. The van der Waals surface area contributed by atoms with Gasteiger partial charge in [-0.15, -0.1) is 11.6 Å². The van der Waals surface area contributed by atoms with Crippen LogP contribution in [0.4, 0.5) is 0 Å². The van der Waals surface area contributed by atoms with Gasteiger partial charge in [0, 0.05) is 12.7 Å². The maximum atomic E-state index is 5.96. The molecule has 0 unspecified atom stereocenters. The Morgan fingerprint density at radius 2 is 2.07 bits per heavy atom. The van der Waals surface area contributed by atoms with Gasteiger partial charge in [-0.1, -0.05) is 23.7 Å². The van der Waals surface area contributed by atoms with Crippen molar-refractivity contribution in [1.29, 1.82) is 0 Å². The molecule has 1 rings (SSSR count). The van der Waals surface area contributed by atoms with Crippen molar-refractivity contribution in [1.82, 2.24) is 0 Å². The normalized spacial score (nSPS) is 10.2. The van der Waals surface area contributed by atoms with Crippen molar-refractivity contribution in [3.8, 4) is 5.75 Å². The zero-order valence-electron chi connectivity index (χ0n) is 7.93. The lowest BCUT2D eigenvalue weighted by Crippen LogP contribution is -2.05. The lowest BCUT2D eigenvalue weighted by molar-refractivity contribution is 0.146. The number of para-hydroxylation sites is 1. The Bertz CT molecular complexity index is 289. The predicted molar refractivity (Wildman–Crippen MR) is 58.4 cm³/mol. The minimum atomic E-state index is 0.392. The molecule has 0 aliphatic carbocycles. The second-order valence-corrected chi connectivity index (χ2v) is 3.38. The van der Waals surface area contributed by atoms with E-state index in [1.54, 1.807) is 13.2 Å². The minimum Gasteiger partial charge on any atom is -0.489 e. The Balaban J connectivity index is 2.72. The van der Waals surface area contributed by atoms with Gasteiger partial charge in [0.05, 0.1) is 17.5 Å². The molecule has 0 aromatic heterocycles. The Morgan fingerprint density at radius 3 is 2.71 bits per heavy atom. The van der Waals surface area contributed by atoms with E-state index >= 15 is 0 Å². The molecule has 0 radical (unpaired) electrons. The molecule has 0 amide bonds. The van der Waals surface area contributed by atoms with E-state index in [2.05, 4.69) is 0 Å². The molecule has 14 heavy (non-hydrogen) atoms. The lowest BCUT2D eigenvalue weighted by atomic mass is 10.2. The third-order valence-electron chi connectivity index (χ3n) is 1.73. The highest BCUT2D eigenvalue weighted by molar-refractivity contribution is 6.32. The van der Waals surface area contributed by atoms with Gasteiger partial charge in [-0.25, -0.2) is 0 Å². The first kappa shape index (κ1) is 11.6. The molecular weight excluding hydrogens is 223 g/mol. The fourth-order valence-electron chi connectivity index (χ4n) is 1.05. The number of hydrogen-bond donors (Lipinski definition) is 0. The summed E-state index contributed by atoms with van der Waals surface area (Å²) in [4.78, 5) is 0. The topological polar surface area (TPSA) is 18.5 Å². The van der Waals surface area contributed by atoms with Gasteiger partial charge >= 0.3 is 0 Å². The van der Waals surface area contributed by atoms with Crippen molar-refractivity contribution in [2.24, 2.45) is 0 Å². The van der Waals surface area contributed by atoms with E-state index in [1.165, 1.54) is 0 Å². The highest BCUT2D eigenvalue weighted by Gasteiger charge is 2.06. The molecule has 0 saturated heterocycles. The molecule has 0 heterocycles. The van der Waals surface area contributed by atoms with Gasteiger partial charge in [-0.05, 0) is 6.07 Å². The van der Waals surface area contributed by atoms with E-state index in [-0.39, 0.29) is 0 Å². The maximum absolute atomic E-state index is 5.96. The van der Waals surface area contributed by atoms with E-state index in [1.807, 2.05) is 12.1 Å². The summed E-state index contributed by atoms with van der Waals surface area (Å²) in [6.45, 7) is 1.01. The van der Waals surface area contributed by atoms with Gasteiger partial charge < -0.3 is 9.47 Å². The summed E-state index contributed by atoms with van der Waals surface area (Å²) >= 11 is 11.7. The molecular formula is C10H12Cl2O2. The van der Waals surface area contributed by atoms with Crippen LogP contribution in [0.3, 0.4) is 0 Å². The summed E-state index contributed by atoms with van der Waals surface area (Å²) in [7, 11) is 1.62. The van der Waals surface area contributed by atoms with Crippen LogP contribution in [0.2, 0.25) is 5.02 Å². The smallest absolute Gasteiger partial charge is 0.142 e. The molecule has 1 aromatic carbocycles. The predicted octanol–water partition coefficient (Wildman–Crippen LogP) is 3.10. The summed E-state index contributed by atoms with van der Waals surface area (Å²) in [5.41, 5.74) is 0.898. The molecule has 1 aromatic rings. The van der Waals surface area contributed by atoms with Crippen LogP contribution in [-0.4, -0.2) is 20.3 Å². The maximum Gasteiger partial charge on any atom is 0.142 e. The van der Waals surface area contributed by atoms with Crippen molar-refractivity contribution in [2.75, 3.05) is 20.3 Å². The van der Waals surface area contributed by atoms with Crippen molar-refractivity contribution in [2.45, 2.75) is 5.88 Å². The molecule has 0 atom stereocenters. The first-order chi connectivity index (χ1) is 6.79. The zero-order valence-corrected chi connectivity index (χ0v) is 9.44. The van der Waals surface area contributed by atoms with Crippen LogP contribution in [0, 0.1) is 0 Å². The van der Waals surface area contributed by atoms with Gasteiger partial charge in [-0.2, -0.15) is 0 Å². The average Bonchev–Trinajstić information content (AvgIpc) is 2.20. The molecule has 2 nitrogen and oxygen atoms in total. The molecule has 0 spiro atoms. The summed E-state index contributed by atoms with van der Waals surface area (Å²) < 4.78 is 10.3. The average molecular weight is 235 g/mol. The number of halogens is 2. The molecule has 0 bridgehead atoms. The van der Waals surface area contributed by atoms with Crippen molar-refractivity contribution < 1.29 is 9.47 Å². The third-order valence-corrected chi connectivity index (χ3v) is 2.31. The van der Waals surface area contributed by atoms with Crippen LogP contribution < -0.4 is 4.74 Å². The fourth-order valence-corrected chi connectivity index (χ4v) is 1.51. The first-order valence-corrected chi connectivity index (χ1v) is 5.16. The van der Waals surface area contributed by atoms with E-state index < -0.39 is 0 Å². The van der Waals surface area contributed by atoms with Gasteiger partial charge in [0.2, 0.25) is 0 Å². The number of hydrogen-bond acceptors (Lipinski definition) is 2. The highest BCUT2D eigenvalue weighted by Crippen LogP contribution is 2.29. The van der Waals surface area contributed by atoms with Crippen molar-refractivity contribution >= 4 is 23.2 Å². The zero-order chi connectivity index (χ0) is 10.4. The second kappa shape index (κ2) is 6.12. The quantitative estimate of drug-likeness (QED) is 0.576. The second-order valence-electron chi connectivity index (χ2n) is 2.70. The molecule has 78 valence electrons. The minimum absolute atomic E-state index is 0.392. The monoisotopic (exact) mass is 234 g/mol. The number of rotatable bonds is 5. The molecule has 0 saturated carbocycles. The Kier molecular flexibility index (Phi) is 5.09. The molecule has 0 aliphatic heterocycles. The van der Waals surface area contributed by atoms with Crippen LogP contribution in [0.25, 0.3) is 0 Å². The Labute approximate surface area is 93.7 Å². The number of benzene rings is 1. The standard InChI is InChI=1S/C10H12Cl2O2/c1-13-5-6-14-10-8(7-11)3-2-4-9(10)12/h2-4H,5-7H2,1H3. The summed E-state index contributed by atoms with van der Waals surface area (Å²) in [6, 6.07) is 5.52. The van der Waals surface area contributed by atoms with E-state index in [4.69, 9.17) is 32.7 Å². The fraction of sp³-hybridized carbons (Fsp3) is 0.400. The number of methoxy groups -OCH3 is 1. The van der Waals surface area contributed by atoms with Gasteiger partial charge in [0.1, 0.15) is 12.4 Å². The first-order valence-electron chi connectivity index (χ1n) is 4.24. The Hall–Kier alpha value is -0.440. The molecule has 0 N–H and O–H groups in total. The number of alkyl halides is 1. The SMILES string of the molecule is COCCOc1c(Cl)cccc1CCl. The molecule has 0 fully saturated rings. The van der Waals surface area contributed by atoms with Crippen LogP contribution in [0.5, 0.6) is 5.75 Å². The summed E-state index contributed by atoms with van der Waals surface area (Å²) in [5, 5.41) is 0.583. The highest BCUT2D eigenvalue weighted by atomic mass is 35.5. The van der Waals surface area contributed by atoms with E-state index in [9.17, 15) is 0 Å². The third kappa shape index (κ3) is 3.05. The van der Waals surface area contributed by atoms with Crippen molar-refractivity contribution in [3.05, 3.63) is 28.8 Å². The molecule has 0 aliphatic rings. The largest absolute Gasteiger partial charge is 0.489 e. The van der Waals surface area contributed by atoms with Gasteiger partial charge in [0.15, 0.2) is 0 Å². The van der Waals surface area contributed by atoms with Crippen LogP contribution >= 0.6 is 23.2 Å². The van der Waals surface area contributed by atoms with Crippen LogP contribution in [0.15, 0.2) is 18.2 Å².